The van der Waals surface area contributed by atoms with E-state index in [-0.39, 0.29) is 0 Å². The minimum atomic E-state index is -0.755. The van der Waals surface area contributed by atoms with E-state index in [0.29, 0.717) is 12.3 Å². The number of nitrogens with one attached hydrogen (secondary N) is 1. The van der Waals surface area contributed by atoms with Gasteiger partial charge in [-0.1, -0.05) is 6.07 Å². The van der Waals surface area contributed by atoms with Crippen LogP contribution in [0.1, 0.15) is 5.56 Å². The lowest BCUT2D eigenvalue weighted by Crippen LogP contribution is -2.11. The molecule has 4 heteroatoms. The maximum atomic E-state index is 10.8. The summed E-state index contributed by atoms with van der Waals surface area (Å²) < 4.78 is 10.8. The highest BCUT2D eigenvalue weighted by molar-refractivity contribution is 7.84. The second-order valence-electron chi connectivity index (χ2n) is 3.29. The number of nitrogen functional groups attached to an aromatic ring is 1. The predicted octanol–water partition coefficient (Wildman–Crippen LogP) is 1.37. The molecule has 0 aliphatic carbocycles. The molecule has 0 heterocycles. The molecular weight excluding hydrogens is 196 g/mol. The van der Waals surface area contributed by atoms with Crippen molar-refractivity contribution in [2.75, 3.05) is 29.6 Å². The van der Waals surface area contributed by atoms with Gasteiger partial charge in [-0.15, -0.1) is 0 Å². The molecule has 0 spiro atoms. The fraction of sp³-hybridized carbons (Fsp3) is 0.400. The average Bonchev–Trinajstić information content (AvgIpc) is 2.10. The first kappa shape index (κ1) is 11.0. The maximum absolute atomic E-state index is 10.8. The molecule has 1 rings (SSSR count). The van der Waals surface area contributed by atoms with Crippen LogP contribution in [-0.4, -0.2) is 22.8 Å². The predicted molar refractivity (Wildman–Crippen MR) is 63.0 cm³/mol. The summed E-state index contributed by atoms with van der Waals surface area (Å²) in [5, 5.41) is 3.17. The van der Waals surface area contributed by atoms with Crippen molar-refractivity contribution in [3.05, 3.63) is 23.8 Å². The number of hydrogen-bond acceptors (Lipinski definition) is 3. The van der Waals surface area contributed by atoms with E-state index in [2.05, 4.69) is 5.32 Å². The number of anilines is 2. The molecule has 1 aromatic rings. The van der Waals surface area contributed by atoms with E-state index in [1.54, 1.807) is 6.26 Å². The molecule has 0 aliphatic rings. The molecule has 0 amide bonds. The topological polar surface area (TPSA) is 55.1 Å². The highest BCUT2D eigenvalue weighted by Crippen LogP contribution is 2.18. The maximum Gasteiger partial charge on any atom is 0.0576 e. The van der Waals surface area contributed by atoms with Gasteiger partial charge in [-0.05, 0) is 24.6 Å². The van der Waals surface area contributed by atoms with Crippen LogP contribution in [0.2, 0.25) is 0 Å². The highest BCUT2D eigenvalue weighted by atomic mass is 32.2. The number of aryl methyl sites for hydroxylation is 1. The van der Waals surface area contributed by atoms with Crippen molar-refractivity contribution in [1.29, 1.82) is 0 Å². The largest absolute Gasteiger partial charge is 0.397 e. The Hall–Kier alpha value is -1.03. The molecule has 1 atom stereocenters. The Morgan fingerprint density at radius 3 is 2.86 bits per heavy atom. The molecule has 0 bridgehead atoms. The average molecular weight is 212 g/mol. The van der Waals surface area contributed by atoms with Gasteiger partial charge in [0.2, 0.25) is 0 Å². The molecule has 3 nitrogen and oxygen atoms in total. The van der Waals surface area contributed by atoms with E-state index < -0.39 is 10.8 Å². The van der Waals surface area contributed by atoms with Crippen LogP contribution < -0.4 is 11.1 Å². The highest BCUT2D eigenvalue weighted by Gasteiger charge is 1.98. The smallest absolute Gasteiger partial charge is 0.0576 e. The first-order valence-electron chi connectivity index (χ1n) is 4.49. The summed E-state index contributed by atoms with van der Waals surface area (Å²) in [7, 11) is -0.755. The van der Waals surface area contributed by atoms with Gasteiger partial charge in [-0.2, -0.15) is 0 Å². The monoisotopic (exact) mass is 212 g/mol. The van der Waals surface area contributed by atoms with Gasteiger partial charge in [-0.3, -0.25) is 4.21 Å². The van der Waals surface area contributed by atoms with Crippen molar-refractivity contribution in [2.45, 2.75) is 6.92 Å². The molecule has 0 aliphatic heterocycles. The Morgan fingerprint density at radius 2 is 2.21 bits per heavy atom. The Bertz CT molecular complexity index is 339. The lowest BCUT2D eigenvalue weighted by atomic mass is 10.2. The second kappa shape index (κ2) is 5.00. The molecule has 0 aromatic heterocycles. The third kappa shape index (κ3) is 3.38. The molecular formula is C10H16N2OS. The SMILES string of the molecule is Cc1ccc(N)c(NCCS(C)=O)c1. The van der Waals surface area contributed by atoms with E-state index in [4.69, 9.17) is 5.73 Å². The fourth-order valence-corrected chi connectivity index (χ4v) is 1.54. The first-order valence-corrected chi connectivity index (χ1v) is 6.22. The first-order chi connectivity index (χ1) is 6.59. The van der Waals surface area contributed by atoms with Crippen molar-refractivity contribution >= 4 is 22.2 Å². The van der Waals surface area contributed by atoms with Crippen molar-refractivity contribution in [1.82, 2.24) is 0 Å². The van der Waals surface area contributed by atoms with Crippen molar-refractivity contribution in [2.24, 2.45) is 0 Å². The van der Waals surface area contributed by atoms with Crippen LogP contribution in [0.5, 0.6) is 0 Å². The Kier molecular flexibility index (Phi) is 3.95. The Morgan fingerprint density at radius 1 is 1.50 bits per heavy atom. The van der Waals surface area contributed by atoms with Gasteiger partial charge >= 0.3 is 0 Å². The standard InChI is InChI=1S/C10H16N2OS/c1-8-3-4-9(11)10(7-8)12-5-6-14(2)13/h3-4,7,12H,5-6,11H2,1-2H3. The fourth-order valence-electron chi connectivity index (χ4n) is 1.15. The molecule has 0 radical (unpaired) electrons. The van der Waals surface area contributed by atoms with Gasteiger partial charge in [0, 0.05) is 29.4 Å². The zero-order valence-corrected chi connectivity index (χ0v) is 9.36. The molecule has 0 saturated heterocycles. The molecule has 1 unspecified atom stereocenters. The normalized spacial score (nSPS) is 12.4. The lowest BCUT2D eigenvalue weighted by molar-refractivity contribution is 0.687. The quantitative estimate of drug-likeness (QED) is 0.741. The minimum Gasteiger partial charge on any atom is -0.397 e. The van der Waals surface area contributed by atoms with Gasteiger partial charge < -0.3 is 11.1 Å². The molecule has 14 heavy (non-hydrogen) atoms. The molecule has 0 fully saturated rings. The Balaban J connectivity index is 2.57. The summed E-state index contributed by atoms with van der Waals surface area (Å²) in [6.45, 7) is 2.71. The van der Waals surface area contributed by atoms with Gasteiger partial charge in [-0.25, -0.2) is 0 Å². The van der Waals surface area contributed by atoms with Crippen LogP contribution in [0.3, 0.4) is 0 Å². The van der Waals surface area contributed by atoms with Crippen LogP contribution in [0.15, 0.2) is 18.2 Å². The van der Waals surface area contributed by atoms with Crippen LogP contribution in [0.25, 0.3) is 0 Å². The van der Waals surface area contributed by atoms with Crippen LogP contribution in [0, 0.1) is 6.92 Å². The number of nitrogens with two attached hydrogens (primary N) is 1. The number of rotatable bonds is 4. The third-order valence-electron chi connectivity index (χ3n) is 1.91. The van der Waals surface area contributed by atoms with Gasteiger partial charge in [0.15, 0.2) is 0 Å². The molecule has 78 valence electrons. The van der Waals surface area contributed by atoms with Crippen LogP contribution >= 0.6 is 0 Å². The van der Waals surface area contributed by atoms with E-state index in [9.17, 15) is 4.21 Å². The van der Waals surface area contributed by atoms with Crippen LogP contribution in [0.4, 0.5) is 11.4 Å². The zero-order valence-electron chi connectivity index (χ0n) is 8.54. The molecule has 3 N–H and O–H groups in total. The van der Waals surface area contributed by atoms with E-state index in [0.717, 1.165) is 11.4 Å². The van der Waals surface area contributed by atoms with Crippen molar-refractivity contribution < 1.29 is 4.21 Å². The summed E-state index contributed by atoms with van der Waals surface area (Å²) in [6.07, 6.45) is 1.70. The van der Waals surface area contributed by atoms with E-state index in [1.165, 1.54) is 5.56 Å². The summed E-state index contributed by atoms with van der Waals surface area (Å²) in [4.78, 5) is 0. The minimum absolute atomic E-state index is 0.646. The summed E-state index contributed by atoms with van der Waals surface area (Å²) >= 11 is 0. The molecule has 0 saturated carbocycles. The molecule has 1 aromatic carbocycles. The lowest BCUT2D eigenvalue weighted by Gasteiger charge is -2.09. The number of hydrogen-bond donors (Lipinski definition) is 2. The van der Waals surface area contributed by atoms with Gasteiger partial charge in [0.1, 0.15) is 0 Å². The van der Waals surface area contributed by atoms with Crippen LogP contribution in [-0.2, 0) is 10.8 Å². The summed E-state index contributed by atoms with van der Waals surface area (Å²) in [6, 6.07) is 5.84. The number of benzene rings is 1. The summed E-state index contributed by atoms with van der Waals surface area (Å²) in [5.41, 5.74) is 8.59. The second-order valence-corrected chi connectivity index (χ2v) is 4.85. The van der Waals surface area contributed by atoms with Gasteiger partial charge in [0.25, 0.3) is 0 Å². The van der Waals surface area contributed by atoms with E-state index in [1.807, 2.05) is 25.1 Å². The van der Waals surface area contributed by atoms with Gasteiger partial charge in [0.05, 0.1) is 11.4 Å². The zero-order chi connectivity index (χ0) is 10.6. The third-order valence-corrected chi connectivity index (χ3v) is 2.69. The van der Waals surface area contributed by atoms with Crippen molar-refractivity contribution in [3.8, 4) is 0 Å². The van der Waals surface area contributed by atoms with Crippen molar-refractivity contribution in [3.63, 3.8) is 0 Å². The summed E-state index contributed by atoms with van der Waals surface area (Å²) in [5.74, 6) is 0.646. The van der Waals surface area contributed by atoms with E-state index >= 15 is 0 Å². The Labute approximate surface area is 87.2 Å².